The summed E-state index contributed by atoms with van der Waals surface area (Å²) in [7, 11) is -3.80. The van der Waals surface area contributed by atoms with Gasteiger partial charge in [-0.1, -0.05) is 12.1 Å². The normalized spacial score (nSPS) is 11.4. The molecule has 0 spiro atoms. The van der Waals surface area contributed by atoms with Gasteiger partial charge in [-0.25, -0.2) is 17.9 Å². The molecule has 24 heavy (non-hydrogen) atoms. The lowest BCUT2D eigenvalue weighted by atomic mass is 10.0. The van der Waals surface area contributed by atoms with Crippen LogP contribution in [0.2, 0.25) is 0 Å². The van der Waals surface area contributed by atoms with Gasteiger partial charge >= 0.3 is 5.97 Å². The van der Waals surface area contributed by atoms with E-state index in [4.69, 9.17) is 0 Å². The Labute approximate surface area is 140 Å². The number of carbonyl (C=O) groups is 1. The molecule has 0 aliphatic heterocycles. The van der Waals surface area contributed by atoms with Crippen molar-refractivity contribution < 1.29 is 23.4 Å². The van der Waals surface area contributed by atoms with Crippen LogP contribution in [0.3, 0.4) is 0 Å². The highest BCUT2D eigenvalue weighted by atomic mass is 32.2. The molecule has 0 bridgehead atoms. The van der Waals surface area contributed by atoms with Gasteiger partial charge in [0.05, 0.1) is 10.5 Å². The summed E-state index contributed by atoms with van der Waals surface area (Å²) in [5.74, 6) is -1.01. The number of sulfonamides is 1. The average Bonchev–Trinajstić information content (AvgIpc) is 2.51. The molecule has 0 heterocycles. The van der Waals surface area contributed by atoms with Gasteiger partial charge in [-0.3, -0.25) is 0 Å². The maximum absolute atomic E-state index is 12.4. The molecule has 6 nitrogen and oxygen atoms in total. The number of hydrogen-bond donors (Lipinski definition) is 3. The zero-order valence-corrected chi connectivity index (χ0v) is 14.2. The number of aryl methyl sites for hydroxylation is 1. The predicted octanol–water partition coefficient (Wildman–Crippen LogP) is 2.23. The van der Waals surface area contributed by atoms with E-state index in [1.807, 2.05) is 0 Å². The van der Waals surface area contributed by atoms with E-state index in [0.717, 1.165) is 5.56 Å². The number of nitrogens with one attached hydrogen (secondary N) is 1. The van der Waals surface area contributed by atoms with Gasteiger partial charge in [0.25, 0.3) is 0 Å². The van der Waals surface area contributed by atoms with Crippen molar-refractivity contribution in [1.29, 1.82) is 0 Å². The predicted molar refractivity (Wildman–Crippen MR) is 89.9 cm³/mol. The first-order valence-electron chi connectivity index (χ1n) is 7.33. The van der Waals surface area contributed by atoms with Gasteiger partial charge < -0.3 is 10.2 Å². The van der Waals surface area contributed by atoms with Crippen LogP contribution >= 0.6 is 0 Å². The number of aromatic hydroxyl groups is 1. The average molecular weight is 349 g/mol. The fourth-order valence-corrected chi connectivity index (χ4v) is 3.42. The van der Waals surface area contributed by atoms with Crippen molar-refractivity contribution in [3.63, 3.8) is 0 Å². The third-order valence-corrected chi connectivity index (χ3v) is 5.26. The monoisotopic (exact) mass is 349 g/mol. The van der Waals surface area contributed by atoms with Crippen molar-refractivity contribution in [2.75, 3.05) is 6.54 Å². The van der Waals surface area contributed by atoms with E-state index in [1.165, 1.54) is 24.3 Å². The third kappa shape index (κ3) is 4.12. The summed E-state index contributed by atoms with van der Waals surface area (Å²) in [5.41, 5.74) is 2.01. The van der Waals surface area contributed by atoms with Gasteiger partial charge in [-0.2, -0.15) is 0 Å². The number of phenols is 1. The summed E-state index contributed by atoms with van der Waals surface area (Å²) >= 11 is 0. The van der Waals surface area contributed by atoms with Gasteiger partial charge in [0, 0.05) is 6.54 Å². The number of aromatic carboxylic acids is 1. The van der Waals surface area contributed by atoms with Crippen LogP contribution < -0.4 is 4.72 Å². The Hall–Kier alpha value is -2.38. The van der Waals surface area contributed by atoms with Crippen molar-refractivity contribution in [3.8, 4) is 5.75 Å². The summed E-state index contributed by atoms with van der Waals surface area (Å²) in [6.07, 6.45) is 0.455. The molecular weight excluding hydrogens is 330 g/mol. The van der Waals surface area contributed by atoms with E-state index in [9.17, 15) is 23.4 Å². The van der Waals surface area contributed by atoms with Crippen molar-refractivity contribution >= 4 is 16.0 Å². The molecule has 0 aliphatic carbocycles. The number of benzene rings is 2. The maximum Gasteiger partial charge on any atom is 0.336 e. The van der Waals surface area contributed by atoms with E-state index in [-0.39, 0.29) is 22.8 Å². The van der Waals surface area contributed by atoms with Gasteiger partial charge in [-0.05, 0) is 61.2 Å². The smallest absolute Gasteiger partial charge is 0.336 e. The highest BCUT2D eigenvalue weighted by Crippen LogP contribution is 2.20. The first-order chi connectivity index (χ1) is 11.2. The molecule has 2 aromatic carbocycles. The van der Waals surface area contributed by atoms with E-state index in [0.29, 0.717) is 17.5 Å². The molecule has 128 valence electrons. The Kier molecular flexibility index (Phi) is 5.26. The van der Waals surface area contributed by atoms with E-state index in [2.05, 4.69) is 4.72 Å². The Morgan fingerprint density at radius 2 is 1.75 bits per heavy atom. The second-order valence-corrected chi connectivity index (χ2v) is 7.30. The lowest BCUT2D eigenvalue weighted by Crippen LogP contribution is -2.26. The molecule has 0 unspecified atom stereocenters. The second-order valence-electron chi connectivity index (χ2n) is 5.53. The standard InChI is InChI=1S/C17H19NO5S/c1-11-9-15(10-16(12(11)2)17(20)21)24(22,23)18-8-7-13-3-5-14(19)6-4-13/h3-6,9-10,18-19H,7-8H2,1-2H3,(H,20,21). The maximum atomic E-state index is 12.4. The topological polar surface area (TPSA) is 104 Å². The zero-order valence-electron chi connectivity index (χ0n) is 13.4. The van der Waals surface area contributed by atoms with E-state index in [1.54, 1.807) is 26.0 Å². The molecule has 0 saturated heterocycles. The number of hydrogen-bond acceptors (Lipinski definition) is 4. The van der Waals surface area contributed by atoms with Crippen LogP contribution in [0.4, 0.5) is 0 Å². The van der Waals surface area contributed by atoms with E-state index >= 15 is 0 Å². The fourth-order valence-electron chi connectivity index (χ4n) is 2.28. The quantitative estimate of drug-likeness (QED) is 0.742. The Morgan fingerprint density at radius 1 is 1.12 bits per heavy atom. The Morgan fingerprint density at radius 3 is 2.33 bits per heavy atom. The summed E-state index contributed by atoms with van der Waals surface area (Å²) in [6, 6.07) is 9.13. The van der Waals surface area contributed by atoms with Gasteiger partial charge in [0.2, 0.25) is 10.0 Å². The SMILES string of the molecule is Cc1cc(S(=O)(=O)NCCc2ccc(O)cc2)cc(C(=O)O)c1C. The molecule has 0 atom stereocenters. The number of carboxylic acids is 1. The van der Waals surface area contributed by atoms with Crippen LogP contribution in [-0.2, 0) is 16.4 Å². The van der Waals surface area contributed by atoms with E-state index < -0.39 is 16.0 Å². The molecule has 3 N–H and O–H groups in total. The van der Waals surface area contributed by atoms with Gasteiger partial charge in [-0.15, -0.1) is 0 Å². The minimum Gasteiger partial charge on any atom is -0.508 e. The lowest BCUT2D eigenvalue weighted by Gasteiger charge is -2.11. The van der Waals surface area contributed by atoms with Crippen molar-refractivity contribution in [2.24, 2.45) is 0 Å². The van der Waals surface area contributed by atoms with Crippen molar-refractivity contribution in [2.45, 2.75) is 25.2 Å². The minimum absolute atomic E-state index is 0.0195. The number of phenolic OH excluding ortho intramolecular Hbond substituents is 1. The van der Waals surface area contributed by atoms with Crippen LogP contribution in [0.25, 0.3) is 0 Å². The van der Waals surface area contributed by atoms with Crippen LogP contribution in [0.5, 0.6) is 5.75 Å². The first kappa shape index (κ1) is 18.0. The van der Waals surface area contributed by atoms with Crippen LogP contribution in [0.1, 0.15) is 27.0 Å². The molecule has 0 amide bonds. The molecule has 2 aromatic rings. The molecule has 0 saturated carbocycles. The molecule has 0 aliphatic rings. The van der Waals surface area contributed by atoms with Crippen molar-refractivity contribution in [1.82, 2.24) is 4.72 Å². The third-order valence-electron chi connectivity index (χ3n) is 3.82. The zero-order chi connectivity index (χ0) is 17.9. The number of rotatable bonds is 6. The highest BCUT2D eigenvalue weighted by molar-refractivity contribution is 7.89. The second kappa shape index (κ2) is 7.02. The van der Waals surface area contributed by atoms with Crippen LogP contribution in [-0.4, -0.2) is 31.1 Å². The van der Waals surface area contributed by atoms with Gasteiger partial charge in [0.1, 0.15) is 5.75 Å². The minimum atomic E-state index is -3.80. The molecule has 7 heteroatoms. The lowest BCUT2D eigenvalue weighted by molar-refractivity contribution is 0.0695. The van der Waals surface area contributed by atoms with Crippen molar-refractivity contribution in [3.05, 3.63) is 58.7 Å². The molecular formula is C17H19NO5S. The highest BCUT2D eigenvalue weighted by Gasteiger charge is 2.19. The van der Waals surface area contributed by atoms with Crippen LogP contribution in [0.15, 0.2) is 41.3 Å². The Balaban J connectivity index is 2.15. The summed E-state index contributed by atoms with van der Waals surface area (Å²) in [6.45, 7) is 3.49. The molecule has 0 aromatic heterocycles. The fraction of sp³-hybridized carbons (Fsp3) is 0.235. The molecule has 0 fully saturated rings. The molecule has 0 radical (unpaired) electrons. The Bertz CT molecular complexity index is 857. The summed E-state index contributed by atoms with van der Waals surface area (Å²) < 4.78 is 27.2. The summed E-state index contributed by atoms with van der Waals surface area (Å²) in [5, 5.41) is 18.4. The van der Waals surface area contributed by atoms with Gasteiger partial charge in [0.15, 0.2) is 0 Å². The summed E-state index contributed by atoms with van der Waals surface area (Å²) in [4.78, 5) is 11.2. The largest absolute Gasteiger partial charge is 0.508 e. The van der Waals surface area contributed by atoms with Crippen LogP contribution in [0, 0.1) is 13.8 Å². The molecule has 2 rings (SSSR count). The number of carboxylic acid groups (broad SMARTS) is 1. The first-order valence-corrected chi connectivity index (χ1v) is 8.81.